The SMILES string of the molecule is COc1ccc(S(C)(=O)=NC(=O)c2cncc(C#Cc3cccc(F)c3)c2)cc1OC. The van der Waals surface area contributed by atoms with Crippen LogP contribution in [-0.2, 0) is 9.73 Å². The highest BCUT2D eigenvalue weighted by molar-refractivity contribution is 7.93. The number of carbonyl (C=O) groups is 1. The van der Waals surface area contributed by atoms with Crippen molar-refractivity contribution in [1.82, 2.24) is 4.98 Å². The van der Waals surface area contributed by atoms with E-state index in [1.54, 1.807) is 24.3 Å². The summed E-state index contributed by atoms with van der Waals surface area (Å²) < 4.78 is 40.7. The summed E-state index contributed by atoms with van der Waals surface area (Å²) in [7, 11) is -0.100. The van der Waals surface area contributed by atoms with E-state index in [0.29, 0.717) is 27.5 Å². The van der Waals surface area contributed by atoms with Gasteiger partial charge in [0.25, 0.3) is 5.91 Å². The van der Waals surface area contributed by atoms with Gasteiger partial charge < -0.3 is 9.47 Å². The number of hydrogen-bond donors (Lipinski definition) is 0. The summed E-state index contributed by atoms with van der Waals surface area (Å²) >= 11 is 0. The van der Waals surface area contributed by atoms with E-state index in [1.807, 2.05) is 0 Å². The van der Waals surface area contributed by atoms with Crippen molar-refractivity contribution in [2.75, 3.05) is 20.5 Å². The van der Waals surface area contributed by atoms with Gasteiger partial charge in [0, 0.05) is 35.8 Å². The van der Waals surface area contributed by atoms with Crippen LogP contribution in [0, 0.1) is 17.7 Å². The van der Waals surface area contributed by atoms with Crippen LogP contribution >= 0.6 is 0 Å². The van der Waals surface area contributed by atoms with Gasteiger partial charge in [0.2, 0.25) is 0 Å². The van der Waals surface area contributed by atoms with Crippen LogP contribution in [0.4, 0.5) is 4.39 Å². The van der Waals surface area contributed by atoms with E-state index in [9.17, 15) is 13.4 Å². The zero-order valence-electron chi connectivity index (χ0n) is 17.1. The van der Waals surface area contributed by atoms with Crippen molar-refractivity contribution >= 4 is 15.6 Å². The zero-order valence-corrected chi connectivity index (χ0v) is 17.9. The number of pyridine rings is 1. The summed E-state index contributed by atoms with van der Waals surface area (Å²) in [6, 6.07) is 12.0. The maximum atomic E-state index is 13.3. The third kappa shape index (κ3) is 5.47. The Morgan fingerprint density at radius 2 is 1.74 bits per heavy atom. The largest absolute Gasteiger partial charge is 0.493 e. The lowest BCUT2D eigenvalue weighted by Gasteiger charge is -2.10. The topological polar surface area (TPSA) is 77.9 Å². The lowest BCUT2D eigenvalue weighted by Crippen LogP contribution is -2.05. The number of nitrogens with zero attached hydrogens (tertiary/aromatic N) is 2. The summed E-state index contributed by atoms with van der Waals surface area (Å²) in [6.45, 7) is 0. The third-order valence-corrected chi connectivity index (χ3v) is 5.85. The number of aromatic nitrogens is 1. The Morgan fingerprint density at radius 3 is 2.45 bits per heavy atom. The summed E-state index contributed by atoms with van der Waals surface area (Å²) in [6.07, 6.45) is 4.16. The highest BCUT2D eigenvalue weighted by Gasteiger charge is 2.15. The van der Waals surface area contributed by atoms with Gasteiger partial charge in [-0.1, -0.05) is 17.9 Å². The van der Waals surface area contributed by atoms with Crippen molar-refractivity contribution in [2.24, 2.45) is 4.36 Å². The average molecular weight is 438 g/mol. The van der Waals surface area contributed by atoms with Crippen molar-refractivity contribution in [3.63, 3.8) is 0 Å². The smallest absolute Gasteiger partial charge is 0.286 e. The Labute approximate surface area is 180 Å². The molecule has 0 N–H and O–H groups in total. The van der Waals surface area contributed by atoms with Gasteiger partial charge in [-0.3, -0.25) is 9.78 Å². The van der Waals surface area contributed by atoms with Gasteiger partial charge in [0.05, 0.1) is 34.4 Å². The molecule has 0 radical (unpaired) electrons. The maximum Gasteiger partial charge on any atom is 0.286 e. The van der Waals surface area contributed by atoms with Crippen LogP contribution in [0.5, 0.6) is 11.5 Å². The molecule has 158 valence electrons. The number of hydrogen-bond acceptors (Lipinski definition) is 5. The van der Waals surface area contributed by atoms with Gasteiger partial charge in [-0.05, 0) is 36.4 Å². The van der Waals surface area contributed by atoms with Crippen LogP contribution in [0.3, 0.4) is 0 Å². The summed E-state index contributed by atoms with van der Waals surface area (Å²) in [4.78, 5) is 17.0. The molecule has 0 fully saturated rings. The Kier molecular flexibility index (Phi) is 6.68. The van der Waals surface area contributed by atoms with Gasteiger partial charge in [0.1, 0.15) is 5.82 Å². The number of rotatable bonds is 4. The van der Waals surface area contributed by atoms with E-state index in [-0.39, 0.29) is 11.4 Å². The normalized spacial score (nSPS) is 12.1. The quantitative estimate of drug-likeness (QED) is 0.577. The van der Waals surface area contributed by atoms with Crippen LogP contribution < -0.4 is 9.47 Å². The van der Waals surface area contributed by atoms with Crippen molar-refractivity contribution < 1.29 is 22.9 Å². The van der Waals surface area contributed by atoms with E-state index < -0.39 is 15.6 Å². The second-order valence-electron chi connectivity index (χ2n) is 6.44. The molecule has 0 spiro atoms. The zero-order chi connectivity index (χ0) is 22.4. The second-order valence-corrected chi connectivity index (χ2v) is 8.70. The molecule has 3 aromatic rings. The van der Waals surface area contributed by atoms with E-state index in [0.717, 1.165) is 0 Å². The molecule has 1 aromatic heterocycles. The fourth-order valence-corrected chi connectivity index (χ4v) is 3.83. The highest BCUT2D eigenvalue weighted by atomic mass is 32.2. The summed E-state index contributed by atoms with van der Waals surface area (Å²) in [5.74, 6) is 5.42. The van der Waals surface area contributed by atoms with E-state index in [2.05, 4.69) is 21.2 Å². The minimum atomic E-state index is -3.05. The number of methoxy groups -OCH3 is 2. The predicted molar refractivity (Wildman–Crippen MR) is 115 cm³/mol. The van der Waals surface area contributed by atoms with Crippen molar-refractivity contribution in [2.45, 2.75) is 4.90 Å². The van der Waals surface area contributed by atoms with Crippen molar-refractivity contribution in [3.8, 4) is 23.3 Å². The van der Waals surface area contributed by atoms with Crippen LogP contribution in [0.2, 0.25) is 0 Å². The fraction of sp³-hybridized carbons (Fsp3) is 0.130. The fourth-order valence-electron chi connectivity index (χ4n) is 2.65. The van der Waals surface area contributed by atoms with Gasteiger partial charge in [-0.15, -0.1) is 0 Å². The molecule has 0 saturated heterocycles. The Balaban J connectivity index is 1.90. The molecule has 0 aliphatic rings. The first-order valence-corrected chi connectivity index (χ1v) is 11.0. The molecule has 0 bridgehead atoms. The second kappa shape index (κ2) is 9.41. The van der Waals surface area contributed by atoms with Gasteiger partial charge >= 0.3 is 0 Å². The van der Waals surface area contributed by atoms with Crippen LogP contribution in [0.1, 0.15) is 21.5 Å². The third-order valence-electron chi connectivity index (χ3n) is 4.21. The number of benzene rings is 2. The monoisotopic (exact) mass is 438 g/mol. The number of carbonyl (C=O) groups excluding carboxylic acids is 1. The minimum Gasteiger partial charge on any atom is -0.493 e. The molecule has 1 amide bonds. The minimum absolute atomic E-state index is 0.140. The molecule has 8 heteroatoms. The van der Waals surface area contributed by atoms with Crippen LogP contribution in [-0.4, -0.2) is 35.6 Å². The first-order chi connectivity index (χ1) is 14.8. The Bertz CT molecular complexity index is 1320. The van der Waals surface area contributed by atoms with E-state index >= 15 is 0 Å². The predicted octanol–water partition coefficient (Wildman–Crippen LogP) is 3.93. The number of halogens is 1. The Hall–Kier alpha value is -3.70. The van der Waals surface area contributed by atoms with Crippen molar-refractivity contribution in [1.29, 1.82) is 0 Å². The van der Waals surface area contributed by atoms with Gasteiger partial charge in [-0.2, -0.15) is 4.36 Å². The first-order valence-electron chi connectivity index (χ1n) is 9.03. The van der Waals surface area contributed by atoms with E-state index in [1.165, 1.54) is 57.1 Å². The lowest BCUT2D eigenvalue weighted by atomic mass is 10.1. The number of ether oxygens (including phenoxy) is 2. The Morgan fingerprint density at radius 1 is 1.00 bits per heavy atom. The maximum absolute atomic E-state index is 13.3. The molecular formula is C23H19FN2O4S. The van der Waals surface area contributed by atoms with Gasteiger partial charge in [-0.25, -0.2) is 8.60 Å². The molecule has 1 unspecified atom stereocenters. The first kappa shape index (κ1) is 22.0. The van der Waals surface area contributed by atoms with E-state index in [4.69, 9.17) is 9.47 Å². The molecule has 31 heavy (non-hydrogen) atoms. The molecule has 3 rings (SSSR count). The van der Waals surface area contributed by atoms with Crippen LogP contribution in [0.25, 0.3) is 0 Å². The highest BCUT2D eigenvalue weighted by Crippen LogP contribution is 2.30. The lowest BCUT2D eigenvalue weighted by molar-refractivity contribution is 0.100. The standard InChI is InChI=1S/C23H19FN2O4S/c1-29-21-10-9-20(13-22(21)30-2)31(3,28)26-23(27)18-11-17(14-25-15-18)8-7-16-5-4-6-19(24)12-16/h4-6,9-15H,1-3H3. The molecule has 0 aliphatic heterocycles. The number of amides is 1. The molecule has 2 aromatic carbocycles. The molecular weight excluding hydrogens is 419 g/mol. The molecule has 0 aliphatic carbocycles. The summed E-state index contributed by atoms with van der Waals surface area (Å²) in [5.41, 5.74) is 1.08. The molecule has 1 atom stereocenters. The molecule has 0 saturated carbocycles. The van der Waals surface area contributed by atoms with Gasteiger partial charge in [0.15, 0.2) is 11.5 Å². The van der Waals surface area contributed by atoms with Crippen molar-refractivity contribution in [3.05, 3.63) is 83.4 Å². The summed E-state index contributed by atoms with van der Waals surface area (Å²) in [5, 5.41) is 0. The molecule has 6 nitrogen and oxygen atoms in total. The average Bonchev–Trinajstić information content (AvgIpc) is 2.77. The molecule has 1 heterocycles. The van der Waals surface area contributed by atoms with Crippen LogP contribution in [0.15, 0.2) is 70.2 Å².